The molecule has 0 aliphatic carbocycles. The average molecular weight is 241 g/mol. The van der Waals surface area contributed by atoms with Crippen molar-refractivity contribution in [2.45, 2.75) is 38.5 Å². The molecule has 2 aliphatic rings. The molecule has 5 heteroatoms. The summed E-state index contributed by atoms with van der Waals surface area (Å²) in [5.41, 5.74) is -0.409. The molecule has 17 heavy (non-hydrogen) atoms. The molecule has 0 saturated carbocycles. The van der Waals surface area contributed by atoms with Crippen molar-refractivity contribution in [3.63, 3.8) is 0 Å². The Morgan fingerprint density at radius 2 is 1.71 bits per heavy atom. The van der Waals surface area contributed by atoms with Gasteiger partial charge in [0.1, 0.15) is 5.60 Å². The second-order valence-corrected chi connectivity index (χ2v) is 6.17. The van der Waals surface area contributed by atoms with Crippen LogP contribution in [0.25, 0.3) is 0 Å². The zero-order valence-corrected chi connectivity index (χ0v) is 11.2. The molecule has 1 amide bonds. The molecule has 5 nitrogen and oxygen atoms in total. The number of likely N-dealkylation sites (N-methyl/N-ethyl adjacent to an activating group) is 1. The van der Waals surface area contributed by atoms with Crippen molar-refractivity contribution >= 4 is 6.09 Å². The van der Waals surface area contributed by atoms with Crippen molar-refractivity contribution in [3.8, 4) is 0 Å². The SMILES string of the molecule is CN1C[C@@H]2CN(C(=O)OC(C)(C)C)C[C@H](C1)N2. The molecule has 2 rings (SSSR count). The second-order valence-electron chi connectivity index (χ2n) is 6.17. The zero-order valence-electron chi connectivity index (χ0n) is 11.2. The van der Waals surface area contributed by atoms with Gasteiger partial charge in [-0.15, -0.1) is 0 Å². The largest absolute Gasteiger partial charge is 0.444 e. The van der Waals surface area contributed by atoms with Crippen molar-refractivity contribution < 1.29 is 9.53 Å². The Labute approximate surface area is 103 Å². The third kappa shape index (κ3) is 3.33. The molecule has 2 heterocycles. The molecule has 0 aromatic carbocycles. The number of amides is 1. The summed E-state index contributed by atoms with van der Waals surface area (Å²) in [5.74, 6) is 0. The van der Waals surface area contributed by atoms with Crippen molar-refractivity contribution in [1.29, 1.82) is 0 Å². The van der Waals surface area contributed by atoms with E-state index in [2.05, 4.69) is 17.3 Å². The molecule has 2 bridgehead atoms. The number of nitrogens with one attached hydrogen (secondary N) is 1. The maximum atomic E-state index is 12.0. The van der Waals surface area contributed by atoms with E-state index in [1.807, 2.05) is 25.7 Å². The van der Waals surface area contributed by atoms with Crippen LogP contribution >= 0.6 is 0 Å². The predicted octanol–water partition coefficient (Wildman–Crippen LogP) is 0.509. The minimum absolute atomic E-state index is 0.182. The predicted molar refractivity (Wildman–Crippen MR) is 66.0 cm³/mol. The number of piperazine rings is 2. The van der Waals surface area contributed by atoms with E-state index in [1.54, 1.807) is 0 Å². The highest BCUT2D eigenvalue weighted by Crippen LogP contribution is 2.16. The van der Waals surface area contributed by atoms with Gasteiger partial charge in [0.25, 0.3) is 0 Å². The highest BCUT2D eigenvalue weighted by molar-refractivity contribution is 5.68. The molecule has 0 unspecified atom stereocenters. The van der Waals surface area contributed by atoms with E-state index in [4.69, 9.17) is 4.74 Å². The van der Waals surface area contributed by atoms with Crippen LogP contribution in [-0.4, -0.2) is 66.8 Å². The van der Waals surface area contributed by atoms with Crippen LogP contribution in [0.1, 0.15) is 20.8 Å². The quantitative estimate of drug-likeness (QED) is 0.671. The third-order valence-electron chi connectivity index (χ3n) is 3.07. The second kappa shape index (κ2) is 4.46. The summed E-state index contributed by atoms with van der Waals surface area (Å²) >= 11 is 0. The molecule has 0 radical (unpaired) electrons. The lowest BCUT2D eigenvalue weighted by molar-refractivity contribution is 0.00587. The van der Waals surface area contributed by atoms with E-state index in [0.717, 1.165) is 26.2 Å². The zero-order chi connectivity index (χ0) is 12.6. The van der Waals surface area contributed by atoms with Crippen molar-refractivity contribution in [1.82, 2.24) is 15.1 Å². The number of hydrogen-bond donors (Lipinski definition) is 1. The van der Waals surface area contributed by atoms with Gasteiger partial charge in [-0.05, 0) is 27.8 Å². The van der Waals surface area contributed by atoms with Gasteiger partial charge in [0.2, 0.25) is 0 Å². The minimum Gasteiger partial charge on any atom is -0.444 e. The van der Waals surface area contributed by atoms with Crippen LogP contribution in [0, 0.1) is 0 Å². The van der Waals surface area contributed by atoms with Gasteiger partial charge in [0.15, 0.2) is 0 Å². The first-order valence-corrected chi connectivity index (χ1v) is 6.26. The maximum Gasteiger partial charge on any atom is 0.410 e. The number of fused-ring (bicyclic) bond motifs is 2. The van der Waals surface area contributed by atoms with Gasteiger partial charge in [0.05, 0.1) is 0 Å². The monoisotopic (exact) mass is 241 g/mol. The molecule has 0 spiro atoms. The molecular formula is C12H23N3O2. The van der Waals surface area contributed by atoms with Gasteiger partial charge in [0, 0.05) is 38.3 Å². The number of hydrogen-bond acceptors (Lipinski definition) is 4. The van der Waals surface area contributed by atoms with Crippen molar-refractivity contribution in [3.05, 3.63) is 0 Å². The van der Waals surface area contributed by atoms with Crippen LogP contribution in [0.5, 0.6) is 0 Å². The number of rotatable bonds is 0. The highest BCUT2D eigenvalue weighted by atomic mass is 16.6. The molecule has 2 fully saturated rings. The molecule has 0 aromatic rings. The van der Waals surface area contributed by atoms with Crippen LogP contribution in [0.3, 0.4) is 0 Å². The van der Waals surface area contributed by atoms with Gasteiger partial charge in [-0.2, -0.15) is 0 Å². The first kappa shape index (κ1) is 12.6. The van der Waals surface area contributed by atoms with Crippen LogP contribution in [-0.2, 0) is 4.74 Å². The Hall–Kier alpha value is -0.810. The number of carbonyl (C=O) groups is 1. The van der Waals surface area contributed by atoms with Crippen LogP contribution in [0.15, 0.2) is 0 Å². The molecular weight excluding hydrogens is 218 g/mol. The van der Waals surface area contributed by atoms with Crippen LogP contribution < -0.4 is 5.32 Å². The van der Waals surface area contributed by atoms with Gasteiger partial charge < -0.3 is 19.9 Å². The van der Waals surface area contributed by atoms with E-state index in [1.165, 1.54) is 0 Å². The topological polar surface area (TPSA) is 44.8 Å². The Kier molecular flexibility index (Phi) is 3.32. The number of nitrogens with zero attached hydrogens (tertiary/aromatic N) is 2. The lowest BCUT2D eigenvalue weighted by Gasteiger charge is -2.45. The Morgan fingerprint density at radius 3 is 2.18 bits per heavy atom. The molecule has 2 aliphatic heterocycles. The minimum atomic E-state index is -0.409. The maximum absolute atomic E-state index is 12.0. The summed E-state index contributed by atoms with van der Waals surface area (Å²) in [6.07, 6.45) is -0.182. The molecule has 2 atom stereocenters. The summed E-state index contributed by atoms with van der Waals surface area (Å²) in [6, 6.07) is 0.750. The Balaban J connectivity index is 1.94. The fraction of sp³-hybridized carbons (Fsp3) is 0.917. The number of carbonyl (C=O) groups excluding carboxylic acids is 1. The Bertz CT molecular complexity index is 283. The summed E-state index contributed by atoms with van der Waals surface area (Å²) < 4.78 is 5.41. The highest BCUT2D eigenvalue weighted by Gasteiger charge is 2.35. The Morgan fingerprint density at radius 1 is 1.18 bits per heavy atom. The number of ether oxygens (including phenoxy) is 1. The first-order valence-electron chi connectivity index (χ1n) is 6.26. The standard InChI is InChI=1S/C12H23N3O2/c1-12(2,3)17-11(16)15-7-9-5-14(4)6-10(8-15)13-9/h9-10,13H,5-8H2,1-4H3/t9-,10+. The smallest absolute Gasteiger partial charge is 0.410 e. The molecule has 2 saturated heterocycles. The van der Waals surface area contributed by atoms with E-state index in [-0.39, 0.29) is 6.09 Å². The lowest BCUT2D eigenvalue weighted by atomic mass is 10.0. The van der Waals surface area contributed by atoms with E-state index in [9.17, 15) is 4.79 Å². The summed E-state index contributed by atoms with van der Waals surface area (Å²) in [4.78, 5) is 16.1. The summed E-state index contributed by atoms with van der Waals surface area (Å²) in [5, 5.41) is 3.54. The molecule has 98 valence electrons. The van der Waals surface area contributed by atoms with Crippen molar-refractivity contribution in [2.24, 2.45) is 0 Å². The summed E-state index contributed by atoms with van der Waals surface area (Å²) in [7, 11) is 2.13. The fourth-order valence-corrected chi connectivity index (χ4v) is 2.57. The third-order valence-corrected chi connectivity index (χ3v) is 3.07. The fourth-order valence-electron chi connectivity index (χ4n) is 2.57. The van der Waals surface area contributed by atoms with Crippen LogP contribution in [0.2, 0.25) is 0 Å². The first-order chi connectivity index (χ1) is 7.83. The lowest BCUT2D eigenvalue weighted by Crippen LogP contribution is -2.67. The van der Waals surface area contributed by atoms with E-state index in [0.29, 0.717) is 12.1 Å². The van der Waals surface area contributed by atoms with Crippen LogP contribution in [0.4, 0.5) is 4.79 Å². The normalized spacial score (nSPS) is 30.2. The van der Waals surface area contributed by atoms with Gasteiger partial charge in [-0.1, -0.05) is 0 Å². The van der Waals surface area contributed by atoms with Crippen molar-refractivity contribution in [2.75, 3.05) is 33.2 Å². The molecule has 0 aromatic heterocycles. The van der Waals surface area contributed by atoms with Gasteiger partial charge >= 0.3 is 6.09 Å². The van der Waals surface area contributed by atoms with Gasteiger partial charge in [-0.3, -0.25) is 0 Å². The average Bonchev–Trinajstić information content (AvgIpc) is 2.12. The summed E-state index contributed by atoms with van der Waals surface area (Å²) in [6.45, 7) is 9.20. The molecule has 1 N–H and O–H groups in total. The van der Waals surface area contributed by atoms with E-state index >= 15 is 0 Å². The van der Waals surface area contributed by atoms with Gasteiger partial charge in [-0.25, -0.2) is 4.79 Å². The van der Waals surface area contributed by atoms with E-state index < -0.39 is 5.60 Å².